The number of aromatic nitrogens is 2. The third-order valence-electron chi connectivity index (χ3n) is 5.00. The fourth-order valence-electron chi connectivity index (χ4n) is 3.39. The maximum atomic E-state index is 12.6. The smallest absolute Gasteiger partial charge is 0.338 e. The fourth-order valence-corrected chi connectivity index (χ4v) is 3.54. The van der Waals surface area contributed by atoms with Crippen molar-refractivity contribution in [2.45, 2.75) is 24.9 Å². The van der Waals surface area contributed by atoms with Gasteiger partial charge in [-0.1, -0.05) is 48.6 Å². The molecule has 1 fully saturated rings. The predicted molar refractivity (Wildman–Crippen MR) is 117 cm³/mol. The number of H-pyrrole nitrogens is 1. The molecule has 0 aliphatic carbocycles. The van der Waals surface area contributed by atoms with Crippen molar-refractivity contribution in [3.05, 3.63) is 99.2 Å². The first-order chi connectivity index (χ1) is 15.5. The van der Waals surface area contributed by atoms with Gasteiger partial charge in [-0.3, -0.25) is 9.55 Å². The van der Waals surface area contributed by atoms with Crippen molar-refractivity contribution in [3.8, 4) is 0 Å². The number of hydrogen-bond donors (Lipinski definition) is 1. The third-order valence-corrected chi connectivity index (χ3v) is 5.24. The molecule has 4 rings (SSSR count). The van der Waals surface area contributed by atoms with Gasteiger partial charge in [-0.15, -0.1) is 0 Å². The van der Waals surface area contributed by atoms with Crippen LogP contribution in [0, 0.1) is 4.64 Å². The highest BCUT2D eigenvalue weighted by Crippen LogP contribution is 2.31. The van der Waals surface area contributed by atoms with E-state index in [4.69, 9.17) is 26.4 Å². The molecule has 0 bridgehead atoms. The third kappa shape index (κ3) is 5.01. The van der Waals surface area contributed by atoms with E-state index in [2.05, 4.69) is 4.98 Å². The van der Waals surface area contributed by atoms with Crippen LogP contribution in [0.4, 0.5) is 0 Å². The number of carbonyl (C=O) groups is 2. The highest BCUT2D eigenvalue weighted by atomic mass is 32.1. The van der Waals surface area contributed by atoms with E-state index in [1.165, 1.54) is 10.8 Å². The Hall–Kier alpha value is -3.56. The molecule has 1 aliphatic rings. The van der Waals surface area contributed by atoms with E-state index < -0.39 is 36.1 Å². The average molecular weight is 452 g/mol. The molecule has 2 aromatic carbocycles. The SMILES string of the molecule is O=C(OC[C@@H]1O[C@H](n2ccc(=S)[nH]c2=O)C[C@H]1OC(=O)c1ccccc1)c1ccccc1. The summed E-state index contributed by atoms with van der Waals surface area (Å²) in [6.45, 7) is -0.144. The number of hydrogen-bond acceptors (Lipinski definition) is 7. The molecule has 0 saturated carbocycles. The normalized spacial score (nSPS) is 19.9. The lowest BCUT2D eigenvalue weighted by molar-refractivity contribution is -0.0582. The van der Waals surface area contributed by atoms with Crippen molar-refractivity contribution in [1.82, 2.24) is 9.55 Å². The van der Waals surface area contributed by atoms with E-state index in [-0.39, 0.29) is 13.0 Å². The summed E-state index contributed by atoms with van der Waals surface area (Å²) >= 11 is 4.97. The summed E-state index contributed by atoms with van der Waals surface area (Å²) in [5.41, 5.74) is 0.334. The van der Waals surface area contributed by atoms with Crippen LogP contribution in [0.25, 0.3) is 0 Å². The molecule has 3 atom stereocenters. The molecule has 32 heavy (non-hydrogen) atoms. The zero-order valence-corrected chi connectivity index (χ0v) is 17.7. The van der Waals surface area contributed by atoms with Gasteiger partial charge in [-0.25, -0.2) is 14.4 Å². The van der Waals surface area contributed by atoms with Crippen LogP contribution in [-0.2, 0) is 14.2 Å². The van der Waals surface area contributed by atoms with Gasteiger partial charge in [0, 0.05) is 12.6 Å². The molecule has 0 radical (unpaired) electrons. The van der Waals surface area contributed by atoms with Gasteiger partial charge in [0.05, 0.1) is 11.1 Å². The number of nitrogens with one attached hydrogen (secondary N) is 1. The molecule has 0 unspecified atom stereocenters. The minimum Gasteiger partial charge on any atom is -0.459 e. The molecular weight excluding hydrogens is 432 g/mol. The van der Waals surface area contributed by atoms with Gasteiger partial charge in [0.25, 0.3) is 0 Å². The minimum absolute atomic E-state index is 0.144. The lowest BCUT2D eigenvalue weighted by Gasteiger charge is -2.19. The Balaban J connectivity index is 1.51. The summed E-state index contributed by atoms with van der Waals surface area (Å²) in [7, 11) is 0. The number of nitrogens with zero attached hydrogens (tertiary/aromatic N) is 1. The molecule has 1 aliphatic heterocycles. The highest BCUT2D eigenvalue weighted by Gasteiger charge is 2.40. The largest absolute Gasteiger partial charge is 0.459 e. The Labute approximate surface area is 188 Å². The molecule has 0 amide bonds. The first-order valence-corrected chi connectivity index (χ1v) is 10.4. The van der Waals surface area contributed by atoms with Crippen LogP contribution < -0.4 is 5.69 Å². The van der Waals surface area contributed by atoms with Crippen LogP contribution >= 0.6 is 12.2 Å². The Morgan fingerprint density at radius 2 is 1.62 bits per heavy atom. The Bertz CT molecular complexity index is 1210. The summed E-state index contributed by atoms with van der Waals surface area (Å²) in [6, 6.07) is 18.6. The van der Waals surface area contributed by atoms with Gasteiger partial charge >= 0.3 is 17.6 Å². The van der Waals surface area contributed by atoms with E-state index in [0.29, 0.717) is 15.8 Å². The summed E-state index contributed by atoms with van der Waals surface area (Å²) in [5.74, 6) is -1.05. The summed E-state index contributed by atoms with van der Waals surface area (Å²) in [4.78, 5) is 39.8. The monoisotopic (exact) mass is 452 g/mol. The number of benzene rings is 2. The molecule has 1 aromatic heterocycles. The molecule has 1 N–H and O–H groups in total. The van der Waals surface area contributed by atoms with Gasteiger partial charge < -0.3 is 14.2 Å². The lowest BCUT2D eigenvalue weighted by Crippen LogP contribution is -2.32. The van der Waals surface area contributed by atoms with Crippen LogP contribution in [0.2, 0.25) is 0 Å². The molecule has 1 saturated heterocycles. The van der Waals surface area contributed by atoms with Crippen molar-refractivity contribution in [2.24, 2.45) is 0 Å². The highest BCUT2D eigenvalue weighted by molar-refractivity contribution is 7.71. The lowest BCUT2D eigenvalue weighted by atomic mass is 10.1. The minimum atomic E-state index is -0.754. The van der Waals surface area contributed by atoms with Crippen molar-refractivity contribution in [2.75, 3.05) is 6.61 Å². The second kappa shape index (κ2) is 9.71. The second-order valence-electron chi connectivity index (χ2n) is 7.16. The Kier molecular flexibility index (Phi) is 6.58. The Morgan fingerprint density at radius 3 is 2.25 bits per heavy atom. The second-order valence-corrected chi connectivity index (χ2v) is 7.60. The molecule has 3 aromatic rings. The van der Waals surface area contributed by atoms with Gasteiger partial charge in [0.1, 0.15) is 29.7 Å². The maximum Gasteiger partial charge on any atom is 0.338 e. The van der Waals surface area contributed by atoms with E-state index in [9.17, 15) is 14.4 Å². The summed E-state index contributed by atoms with van der Waals surface area (Å²) in [5, 5.41) is 0. The molecule has 0 spiro atoms. The standard InChI is InChI=1S/C23H20N2O6S/c26-21(15-7-3-1-4-8-15)29-14-18-17(31-22(27)16-9-5-2-6-10-16)13-20(30-18)25-12-11-19(32)24-23(25)28/h1-12,17-18,20H,13-14H2,(H,24,28,32)/t17-,18+,20+/m1/s1. The Morgan fingerprint density at radius 1 is 1.00 bits per heavy atom. The van der Waals surface area contributed by atoms with Crippen molar-refractivity contribution >= 4 is 24.2 Å². The van der Waals surface area contributed by atoms with Crippen LogP contribution in [-0.4, -0.2) is 40.3 Å². The van der Waals surface area contributed by atoms with E-state index in [1.807, 2.05) is 0 Å². The van der Waals surface area contributed by atoms with Crippen LogP contribution in [0.5, 0.6) is 0 Å². The first-order valence-electron chi connectivity index (χ1n) is 9.96. The van der Waals surface area contributed by atoms with E-state index in [1.54, 1.807) is 66.7 Å². The number of rotatable bonds is 6. The van der Waals surface area contributed by atoms with Crippen molar-refractivity contribution in [3.63, 3.8) is 0 Å². The van der Waals surface area contributed by atoms with Crippen LogP contribution in [0.15, 0.2) is 77.7 Å². The number of aromatic amines is 1. The van der Waals surface area contributed by atoms with E-state index >= 15 is 0 Å². The van der Waals surface area contributed by atoms with Gasteiger partial charge in [0.15, 0.2) is 0 Å². The zero-order chi connectivity index (χ0) is 22.5. The van der Waals surface area contributed by atoms with E-state index in [0.717, 1.165) is 0 Å². The molecule has 2 heterocycles. The van der Waals surface area contributed by atoms with Crippen molar-refractivity contribution in [1.29, 1.82) is 0 Å². The van der Waals surface area contributed by atoms with Crippen LogP contribution in [0.1, 0.15) is 33.4 Å². The molecule has 164 valence electrons. The quantitative estimate of drug-likeness (QED) is 0.453. The molecule has 9 heteroatoms. The zero-order valence-electron chi connectivity index (χ0n) is 16.9. The molecular formula is C23H20N2O6S. The van der Waals surface area contributed by atoms with Crippen LogP contribution in [0.3, 0.4) is 0 Å². The fraction of sp³-hybridized carbons (Fsp3) is 0.217. The first kappa shape index (κ1) is 21.7. The van der Waals surface area contributed by atoms with Crippen molar-refractivity contribution < 1.29 is 23.8 Å². The topological polar surface area (TPSA) is 99.6 Å². The number of carbonyl (C=O) groups excluding carboxylic acids is 2. The predicted octanol–water partition coefficient (Wildman–Crippen LogP) is 3.28. The number of esters is 2. The summed E-state index contributed by atoms with van der Waals surface area (Å²) < 4.78 is 18.6. The maximum absolute atomic E-state index is 12.6. The van der Waals surface area contributed by atoms with Gasteiger partial charge in [-0.05, 0) is 30.3 Å². The van der Waals surface area contributed by atoms with Gasteiger partial charge in [-0.2, -0.15) is 0 Å². The summed E-state index contributed by atoms with van der Waals surface area (Å²) in [6.07, 6.45) is -0.484. The molecule has 8 nitrogen and oxygen atoms in total. The number of ether oxygens (including phenoxy) is 3. The van der Waals surface area contributed by atoms with Gasteiger partial charge in [0.2, 0.25) is 0 Å². The average Bonchev–Trinajstić information content (AvgIpc) is 3.20.